The fourth-order valence-electron chi connectivity index (χ4n) is 1.70. The molecule has 3 nitrogen and oxygen atoms in total. The van der Waals surface area contributed by atoms with E-state index in [4.69, 9.17) is 0 Å². The predicted molar refractivity (Wildman–Crippen MR) is 69.8 cm³/mol. The van der Waals surface area contributed by atoms with Gasteiger partial charge in [0.15, 0.2) is 0 Å². The second-order valence-electron chi connectivity index (χ2n) is 3.99. The van der Waals surface area contributed by atoms with E-state index in [2.05, 4.69) is 41.2 Å². The van der Waals surface area contributed by atoms with Crippen molar-refractivity contribution >= 4 is 5.82 Å². The smallest absolute Gasteiger partial charge is 0.128 e. The van der Waals surface area contributed by atoms with Crippen molar-refractivity contribution in [1.82, 2.24) is 10.3 Å². The molecule has 1 aromatic heterocycles. The summed E-state index contributed by atoms with van der Waals surface area (Å²) >= 11 is 0. The van der Waals surface area contributed by atoms with E-state index in [0.717, 1.165) is 25.5 Å². The molecule has 0 spiro atoms. The quantitative estimate of drug-likeness (QED) is 0.766. The van der Waals surface area contributed by atoms with Crippen LogP contribution in [-0.2, 0) is 6.54 Å². The van der Waals surface area contributed by atoms with Gasteiger partial charge in [0, 0.05) is 25.8 Å². The van der Waals surface area contributed by atoms with Crippen LogP contribution in [0, 0.1) is 0 Å². The fourth-order valence-corrected chi connectivity index (χ4v) is 1.70. The van der Waals surface area contributed by atoms with E-state index in [0.29, 0.717) is 0 Å². The van der Waals surface area contributed by atoms with Crippen molar-refractivity contribution in [1.29, 1.82) is 0 Å². The van der Waals surface area contributed by atoms with Crippen molar-refractivity contribution in [2.45, 2.75) is 33.2 Å². The summed E-state index contributed by atoms with van der Waals surface area (Å²) in [5, 5.41) is 3.13. The minimum atomic E-state index is 0.883. The Balaban J connectivity index is 2.62. The van der Waals surface area contributed by atoms with Crippen molar-refractivity contribution in [2.75, 3.05) is 25.0 Å². The highest BCUT2D eigenvalue weighted by atomic mass is 15.2. The van der Waals surface area contributed by atoms with Gasteiger partial charge in [0.2, 0.25) is 0 Å². The summed E-state index contributed by atoms with van der Waals surface area (Å²) in [5.74, 6) is 1.09. The lowest BCUT2D eigenvalue weighted by Gasteiger charge is -2.21. The number of pyridine rings is 1. The molecule has 0 saturated heterocycles. The number of anilines is 1. The van der Waals surface area contributed by atoms with Gasteiger partial charge in [-0.1, -0.05) is 19.4 Å². The summed E-state index contributed by atoms with van der Waals surface area (Å²) in [6.07, 6.45) is 4.42. The number of rotatable bonds is 7. The molecule has 0 atom stereocenters. The van der Waals surface area contributed by atoms with Gasteiger partial charge in [-0.05, 0) is 32.0 Å². The monoisotopic (exact) mass is 221 g/mol. The van der Waals surface area contributed by atoms with E-state index in [1.54, 1.807) is 0 Å². The Morgan fingerprint density at radius 3 is 2.62 bits per heavy atom. The molecule has 90 valence electrons. The maximum atomic E-state index is 4.51. The Morgan fingerprint density at radius 2 is 2.12 bits per heavy atom. The highest BCUT2D eigenvalue weighted by molar-refractivity contribution is 5.39. The van der Waals surface area contributed by atoms with E-state index in [1.165, 1.54) is 18.4 Å². The minimum absolute atomic E-state index is 0.883. The van der Waals surface area contributed by atoms with Gasteiger partial charge in [-0.2, -0.15) is 0 Å². The Bertz CT molecular complexity index is 282. The second kappa shape index (κ2) is 7.23. The van der Waals surface area contributed by atoms with Gasteiger partial charge in [0.1, 0.15) is 5.82 Å². The number of nitrogens with zero attached hydrogens (tertiary/aromatic N) is 2. The van der Waals surface area contributed by atoms with Crippen LogP contribution < -0.4 is 10.2 Å². The zero-order chi connectivity index (χ0) is 11.8. The van der Waals surface area contributed by atoms with Crippen LogP contribution in [0.25, 0.3) is 0 Å². The summed E-state index contributed by atoms with van der Waals surface area (Å²) in [5.41, 5.74) is 1.23. The van der Waals surface area contributed by atoms with Gasteiger partial charge in [0.25, 0.3) is 0 Å². The topological polar surface area (TPSA) is 28.2 Å². The first-order valence-electron chi connectivity index (χ1n) is 6.16. The van der Waals surface area contributed by atoms with E-state index < -0.39 is 0 Å². The SMILES string of the molecule is CCCCN(CC)c1ccc(CNC)cn1. The highest BCUT2D eigenvalue weighted by Gasteiger charge is 2.04. The molecule has 0 aliphatic carbocycles. The molecule has 1 rings (SSSR count). The lowest BCUT2D eigenvalue weighted by Crippen LogP contribution is -2.24. The van der Waals surface area contributed by atoms with Crippen LogP contribution in [0.15, 0.2) is 18.3 Å². The van der Waals surface area contributed by atoms with Crippen molar-refractivity contribution in [3.05, 3.63) is 23.9 Å². The van der Waals surface area contributed by atoms with E-state index in [9.17, 15) is 0 Å². The van der Waals surface area contributed by atoms with Crippen LogP contribution in [0.1, 0.15) is 32.3 Å². The van der Waals surface area contributed by atoms with Crippen LogP contribution in [0.2, 0.25) is 0 Å². The summed E-state index contributed by atoms with van der Waals surface area (Å²) in [7, 11) is 1.95. The summed E-state index contributed by atoms with van der Waals surface area (Å²) in [6.45, 7) is 7.41. The number of hydrogen-bond donors (Lipinski definition) is 1. The lowest BCUT2D eigenvalue weighted by molar-refractivity contribution is 0.722. The van der Waals surface area contributed by atoms with E-state index >= 15 is 0 Å². The van der Waals surface area contributed by atoms with Gasteiger partial charge in [-0.15, -0.1) is 0 Å². The standard InChI is InChI=1S/C13H23N3/c1-4-6-9-16(5-2)13-8-7-12(10-14-3)11-15-13/h7-8,11,14H,4-6,9-10H2,1-3H3. The predicted octanol–water partition coefficient (Wildman–Crippen LogP) is 2.43. The largest absolute Gasteiger partial charge is 0.357 e. The van der Waals surface area contributed by atoms with Crippen molar-refractivity contribution < 1.29 is 0 Å². The zero-order valence-electron chi connectivity index (χ0n) is 10.7. The molecule has 1 heterocycles. The molecule has 1 aromatic rings. The third kappa shape index (κ3) is 3.81. The number of nitrogens with one attached hydrogen (secondary N) is 1. The number of hydrogen-bond acceptors (Lipinski definition) is 3. The van der Waals surface area contributed by atoms with Crippen LogP contribution in [0.4, 0.5) is 5.82 Å². The lowest BCUT2D eigenvalue weighted by atomic mass is 10.2. The van der Waals surface area contributed by atoms with Gasteiger partial charge < -0.3 is 10.2 Å². The van der Waals surface area contributed by atoms with E-state index in [1.807, 2.05) is 13.2 Å². The van der Waals surface area contributed by atoms with Crippen LogP contribution in [-0.4, -0.2) is 25.1 Å². The van der Waals surface area contributed by atoms with Crippen molar-refractivity contribution in [2.24, 2.45) is 0 Å². The molecule has 0 amide bonds. The van der Waals surface area contributed by atoms with Crippen LogP contribution in [0.3, 0.4) is 0 Å². The molecule has 0 bridgehead atoms. The molecular formula is C13H23N3. The molecular weight excluding hydrogens is 198 g/mol. The Kier molecular flexibility index (Phi) is 5.86. The minimum Gasteiger partial charge on any atom is -0.357 e. The average molecular weight is 221 g/mol. The van der Waals surface area contributed by atoms with Crippen molar-refractivity contribution in [3.63, 3.8) is 0 Å². The van der Waals surface area contributed by atoms with Gasteiger partial charge >= 0.3 is 0 Å². The van der Waals surface area contributed by atoms with Crippen molar-refractivity contribution in [3.8, 4) is 0 Å². The number of aromatic nitrogens is 1. The Labute approximate surface area is 98.9 Å². The molecule has 0 aliphatic heterocycles. The first kappa shape index (κ1) is 13.0. The molecule has 0 aromatic carbocycles. The maximum Gasteiger partial charge on any atom is 0.128 e. The molecule has 1 N–H and O–H groups in total. The fraction of sp³-hybridized carbons (Fsp3) is 0.615. The molecule has 0 unspecified atom stereocenters. The molecule has 0 radical (unpaired) electrons. The highest BCUT2D eigenvalue weighted by Crippen LogP contribution is 2.11. The average Bonchev–Trinajstić information content (AvgIpc) is 2.32. The first-order valence-corrected chi connectivity index (χ1v) is 6.16. The second-order valence-corrected chi connectivity index (χ2v) is 3.99. The third-order valence-corrected chi connectivity index (χ3v) is 2.68. The normalized spacial score (nSPS) is 10.4. The van der Waals surface area contributed by atoms with Gasteiger partial charge in [0.05, 0.1) is 0 Å². The van der Waals surface area contributed by atoms with Gasteiger partial charge in [-0.25, -0.2) is 4.98 Å². The third-order valence-electron chi connectivity index (χ3n) is 2.68. The summed E-state index contributed by atoms with van der Waals surface area (Å²) in [4.78, 5) is 6.83. The van der Waals surface area contributed by atoms with Crippen LogP contribution in [0.5, 0.6) is 0 Å². The molecule has 0 fully saturated rings. The molecule has 16 heavy (non-hydrogen) atoms. The first-order chi connectivity index (χ1) is 7.81. The molecule has 0 saturated carbocycles. The summed E-state index contributed by atoms with van der Waals surface area (Å²) in [6, 6.07) is 4.26. The number of unbranched alkanes of at least 4 members (excludes halogenated alkanes) is 1. The van der Waals surface area contributed by atoms with Gasteiger partial charge in [-0.3, -0.25) is 0 Å². The molecule has 0 aliphatic rings. The Hall–Kier alpha value is -1.09. The Morgan fingerprint density at radius 1 is 1.31 bits per heavy atom. The molecule has 3 heteroatoms. The maximum absolute atomic E-state index is 4.51. The van der Waals surface area contributed by atoms with Crippen LogP contribution >= 0.6 is 0 Å². The van der Waals surface area contributed by atoms with E-state index in [-0.39, 0.29) is 0 Å². The summed E-state index contributed by atoms with van der Waals surface area (Å²) < 4.78 is 0. The zero-order valence-corrected chi connectivity index (χ0v) is 10.7.